The summed E-state index contributed by atoms with van der Waals surface area (Å²) in [5, 5.41) is 19.7. The fourth-order valence-corrected chi connectivity index (χ4v) is 3.89. The molecule has 2 aliphatic rings. The van der Waals surface area contributed by atoms with Crippen molar-refractivity contribution in [2.24, 2.45) is 0 Å². The van der Waals surface area contributed by atoms with E-state index in [9.17, 15) is 14.7 Å². The first kappa shape index (κ1) is 21.5. The number of fused-ring (bicyclic) bond motifs is 1. The number of hydrogen-bond donors (Lipinski definition) is 3. The Labute approximate surface area is 169 Å². The van der Waals surface area contributed by atoms with Crippen molar-refractivity contribution in [3.63, 3.8) is 0 Å². The minimum absolute atomic E-state index is 0.0499. The van der Waals surface area contributed by atoms with Crippen LogP contribution in [-0.2, 0) is 14.3 Å². The number of carbonyl (C=O) groups excluding carboxylic acids is 2. The van der Waals surface area contributed by atoms with Gasteiger partial charge in [-0.25, -0.2) is 4.79 Å². The average Bonchev–Trinajstić information content (AvgIpc) is 2.97. The van der Waals surface area contributed by atoms with Crippen LogP contribution in [-0.4, -0.2) is 77.8 Å². The Hall–Kier alpha value is -2.17. The number of carbonyl (C=O) groups is 2. The topological polar surface area (TPSA) is 126 Å². The van der Waals surface area contributed by atoms with Gasteiger partial charge >= 0.3 is 6.03 Å². The molecule has 162 valence electrons. The van der Waals surface area contributed by atoms with Gasteiger partial charge in [-0.15, -0.1) is 0 Å². The molecule has 10 nitrogen and oxygen atoms in total. The van der Waals surface area contributed by atoms with Crippen molar-refractivity contribution in [1.82, 2.24) is 15.4 Å². The first-order valence-electron chi connectivity index (χ1n) is 10.1. The second kappa shape index (κ2) is 9.55. The number of urea groups is 1. The number of nitrogens with one attached hydrogen (secondary N) is 2. The highest BCUT2D eigenvalue weighted by Gasteiger charge is 2.40. The summed E-state index contributed by atoms with van der Waals surface area (Å²) in [6.07, 6.45) is 0.197. The number of amides is 3. The summed E-state index contributed by atoms with van der Waals surface area (Å²) in [5.41, 5.74) is 1.12. The molecule has 2 fully saturated rings. The van der Waals surface area contributed by atoms with Crippen molar-refractivity contribution in [3.8, 4) is 0 Å². The van der Waals surface area contributed by atoms with Gasteiger partial charge in [-0.2, -0.15) is 0 Å². The molecule has 29 heavy (non-hydrogen) atoms. The zero-order valence-electron chi connectivity index (χ0n) is 17.1. The number of aliphatic hydroxyl groups excluding tert-OH is 1. The van der Waals surface area contributed by atoms with Crippen LogP contribution in [0.2, 0.25) is 0 Å². The van der Waals surface area contributed by atoms with Gasteiger partial charge in [-0.05, 0) is 33.6 Å². The molecule has 0 aromatic carbocycles. The molecule has 0 radical (unpaired) electrons. The molecule has 0 bridgehead atoms. The van der Waals surface area contributed by atoms with Crippen molar-refractivity contribution in [1.29, 1.82) is 0 Å². The Morgan fingerprint density at radius 2 is 2.07 bits per heavy atom. The lowest BCUT2D eigenvalue weighted by atomic mass is 9.95. The summed E-state index contributed by atoms with van der Waals surface area (Å²) < 4.78 is 16.8. The minimum atomic E-state index is -0.792. The van der Waals surface area contributed by atoms with E-state index < -0.39 is 6.10 Å². The number of rotatable bonds is 4. The van der Waals surface area contributed by atoms with Gasteiger partial charge in [0.1, 0.15) is 17.5 Å². The second-order valence-electron chi connectivity index (χ2n) is 7.57. The van der Waals surface area contributed by atoms with Crippen molar-refractivity contribution >= 4 is 17.6 Å². The lowest BCUT2D eigenvalue weighted by Gasteiger charge is -2.44. The number of aryl methyl sites for hydroxylation is 2. The van der Waals surface area contributed by atoms with E-state index >= 15 is 0 Å². The van der Waals surface area contributed by atoms with Crippen molar-refractivity contribution in [3.05, 3.63) is 11.5 Å². The molecule has 1 aromatic heterocycles. The molecule has 2 saturated heterocycles. The monoisotopic (exact) mass is 410 g/mol. The third-order valence-corrected chi connectivity index (χ3v) is 5.29. The molecule has 0 spiro atoms. The number of nitrogens with zero attached hydrogens (tertiary/aromatic N) is 2. The Morgan fingerprint density at radius 1 is 1.28 bits per heavy atom. The van der Waals surface area contributed by atoms with E-state index in [2.05, 4.69) is 15.8 Å². The van der Waals surface area contributed by atoms with Gasteiger partial charge in [0.15, 0.2) is 5.76 Å². The van der Waals surface area contributed by atoms with E-state index in [1.54, 1.807) is 18.7 Å². The zero-order chi connectivity index (χ0) is 21.0. The number of β-amino-alcohol motifs (C(OH)–C–C–N with tert-alkyl or cyclic N) is 1. The lowest BCUT2D eigenvalue weighted by Crippen LogP contribution is -2.58. The third-order valence-electron chi connectivity index (χ3n) is 5.29. The summed E-state index contributed by atoms with van der Waals surface area (Å²) in [6.45, 7) is 6.42. The molecular formula is C19H30N4O6. The molecule has 3 heterocycles. The Morgan fingerprint density at radius 3 is 2.76 bits per heavy atom. The van der Waals surface area contributed by atoms with Gasteiger partial charge < -0.3 is 34.6 Å². The van der Waals surface area contributed by atoms with Gasteiger partial charge in [-0.1, -0.05) is 5.16 Å². The maximum Gasteiger partial charge on any atom is 0.322 e. The largest absolute Gasteiger partial charge is 0.389 e. The molecule has 1 aromatic rings. The van der Waals surface area contributed by atoms with E-state index in [1.807, 2.05) is 6.92 Å². The molecule has 3 amide bonds. The van der Waals surface area contributed by atoms with Gasteiger partial charge in [0.05, 0.1) is 44.4 Å². The third kappa shape index (κ3) is 5.26. The van der Waals surface area contributed by atoms with E-state index in [1.165, 1.54) is 0 Å². The van der Waals surface area contributed by atoms with E-state index in [4.69, 9.17) is 14.0 Å². The van der Waals surface area contributed by atoms with Gasteiger partial charge in [-0.3, -0.25) is 4.79 Å². The molecule has 10 heteroatoms. The molecule has 3 N–H and O–H groups in total. The number of aliphatic hydroxyl groups is 1. The quantitative estimate of drug-likeness (QED) is 0.675. The summed E-state index contributed by atoms with van der Waals surface area (Å²) in [5.74, 6) is 0.469. The number of aromatic nitrogens is 1. The molecule has 4 atom stereocenters. The molecule has 2 aliphatic heterocycles. The lowest BCUT2D eigenvalue weighted by molar-refractivity contribution is -0.149. The minimum Gasteiger partial charge on any atom is -0.389 e. The normalized spacial score (nSPS) is 27.5. The SMILES string of the molecule is CCNC(=O)C[C@@H]1CC[C@@H]2[C@H](COC[C@H](O)CN2C(=O)Nc2c(C)noc2C)O1. The van der Waals surface area contributed by atoms with Crippen molar-refractivity contribution in [2.75, 3.05) is 31.6 Å². The number of ether oxygens (including phenoxy) is 2. The fraction of sp³-hybridized carbons (Fsp3) is 0.737. The molecule has 0 unspecified atom stereocenters. The van der Waals surface area contributed by atoms with E-state index in [0.29, 0.717) is 36.5 Å². The van der Waals surface area contributed by atoms with Crippen LogP contribution in [0.5, 0.6) is 0 Å². The molecule has 0 saturated carbocycles. The standard InChI is InChI=1S/C19H30N4O6/c1-4-20-17(25)7-14-5-6-15-16(28-14)10-27-9-13(24)8-23(15)19(26)21-18-11(2)22-29-12(18)3/h13-16,24H,4-10H2,1-3H3,(H,20,25)(H,21,26)/t13-,14+,15-,16+/m1/s1. The van der Waals surface area contributed by atoms with Crippen molar-refractivity contribution < 1.29 is 28.7 Å². The van der Waals surface area contributed by atoms with Crippen LogP contribution in [0, 0.1) is 13.8 Å². The second-order valence-corrected chi connectivity index (χ2v) is 7.57. The summed E-state index contributed by atoms with van der Waals surface area (Å²) >= 11 is 0. The summed E-state index contributed by atoms with van der Waals surface area (Å²) in [6, 6.07) is -0.614. The van der Waals surface area contributed by atoms with E-state index in [0.717, 1.165) is 0 Å². The predicted octanol–water partition coefficient (Wildman–Crippen LogP) is 0.959. The van der Waals surface area contributed by atoms with Crippen LogP contribution < -0.4 is 10.6 Å². The van der Waals surface area contributed by atoms with Gasteiger partial charge in [0, 0.05) is 6.54 Å². The Balaban J connectivity index is 1.72. The first-order valence-corrected chi connectivity index (χ1v) is 10.1. The predicted molar refractivity (Wildman–Crippen MR) is 104 cm³/mol. The molecule has 0 aliphatic carbocycles. The van der Waals surface area contributed by atoms with Crippen LogP contribution in [0.15, 0.2) is 4.52 Å². The van der Waals surface area contributed by atoms with Crippen LogP contribution in [0.3, 0.4) is 0 Å². The van der Waals surface area contributed by atoms with E-state index in [-0.39, 0.29) is 56.4 Å². The fourth-order valence-electron chi connectivity index (χ4n) is 3.89. The average molecular weight is 410 g/mol. The maximum absolute atomic E-state index is 13.1. The highest BCUT2D eigenvalue weighted by Crippen LogP contribution is 2.29. The van der Waals surface area contributed by atoms with Crippen molar-refractivity contribution in [2.45, 2.75) is 64.4 Å². The van der Waals surface area contributed by atoms with Crippen LogP contribution in [0.1, 0.15) is 37.6 Å². The van der Waals surface area contributed by atoms with Crippen LogP contribution in [0.4, 0.5) is 10.5 Å². The number of anilines is 1. The Bertz CT molecular complexity index is 704. The highest BCUT2D eigenvalue weighted by atomic mass is 16.5. The van der Waals surface area contributed by atoms with Gasteiger partial charge in [0.25, 0.3) is 0 Å². The molecular weight excluding hydrogens is 380 g/mol. The summed E-state index contributed by atoms with van der Waals surface area (Å²) in [4.78, 5) is 26.6. The van der Waals surface area contributed by atoms with Gasteiger partial charge in [0.2, 0.25) is 5.91 Å². The number of hydrogen-bond acceptors (Lipinski definition) is 7. The zero-order valence-corrected chi connectivity index (χ0v) is 17.1. The Kier molecular flexibility index (Phi) is 7.09. The smallest absolute Gasteiger partial charge is 0.322 e. The highest BCUT2D eigenvalue weighted by molar-refractivity contribution is 5.90. The van der Waals surface area contributed by atoms with Crippen LogP contribution in [0.25, 0.3) is 0 Å². The first-order chi connectivity index (χ1) is 13.9. The maximum atomic E-state index is 13.1. The molecule has 3 rings (SSSR count). The summed E-state index contributed by atoms with van der Waals surface area (Å²) in [7, 11) is 0. The van der Waals surface area contributed by atoms with Crippen LogP contribution >= 0.6 is 0 Å².